The molecule has 0 unspecified atom stereocenters. The van der Waals surface area contributed by atoms with Gasteiger partial charge in [-0.3, -0.25) is 9.59 Å². The third-order valence-electron chi connectivity index (χ3n) is 2.68. The van der Waals surface area contributed by atoms with Gasteiger partial charge in [0.2, 0.25) is 6.41 Å². The highest BCUT2D eigenvalue weighted by atomic mass is 16.5. The molecule has 1 rings (SSSR count). The zero-order valence-corrected chi connectivity index (χ0v) is 8.71. The van der Waals surface area contributed by atoms with Crippen LogP contribution >= 0.6 is 0 Å². The number of ether oxygens (including phenoxy) is 1. The molecule has 0 aromatic rings. The van der Waals surface area contributed by atoms with Crippen LogP contribution in [0.2, 0.25) is 0 Å². The number of hydrogen-bond donors (Lipinski definition) is 1. The van der Waals surface area contributed by atoms with Crippen molar-refractivity contribution >= 4 is 12.2 Å². The van der Waals surface area contributed by atoms with Crippen LogP contribution in [0.15, 0.2) is 0 Å². The first-order valence-electron chi connectivity index (χ1n) is 4.96. The van der Waals surface area contributed by atoms with Crippen molar-refractivity contribution in [3.8, 4) is 0 Å². The van der Waals surface area contributed by atoms with Crippen molar-refractivity contribution in [3.63, 3.8) is 0 Å². The zero-order chi connectivity index (χ0) is 10.6. The van der Waals surface area contributed by atoms with Gasteiger partial charge in [-0.25, -0.2) is 0 Å². The second-order valence-electron chi connectivity index (χ2n) is 3.98. The molecule has 1 N–H and O–H groups in total. The van der Waals surface area contributed by atoms with Crippen LogP contribution in [0.5, 0.6) is 0 Å². The molecular weight excluding hydrogens is 182 g/mol. The molecule has 1 aliphatic heterocycles. The molecule has 1 heterocycles. The molecule has 0 aromatic heterocycles. The maximum Gasteiger partial charge on any atom is 0.207 e. The van der Waals surface area contributed by atoms with Crippen molar-refractivity contribution in [1.82, 2.24) is 5.32 Å². The highest BCUT2D eigenvalue weighted by molar-refractivity contribution is 5.91. The average Bonchev–Trinajstić information content (AvgIpc) is 2.18. The summed E-state index contributed by atoms with van der Waals surface area (Å²) in [4.78, 5) is 22.4. The van der Waals surface area contributed by atoms with Crippen molar-refractivity contribution in [1.29, 1.82) is 0 Å². The third kappa shape index (κ3) is 2.12. The standard InChI is InChI=1S/C10H17NO3/c1-8(2)9(13)10(11-7-12)3-5-14-6-4-10/h7-8H,3-6H2,1-2H3,(H,11,12). The first-order valence-corrected chi connectivity index (χ1v) is 4.96. The van der Waals surface area contributed by atoms with Crippen LogP contribution in [0.1, 0.15) is 26.7 Å². The van der Waals surface area contributed by atoms with Crippen LogP contribution in [0.4, 0.5) is 0 Å². The second-order valence-corrected chi connectivity index (χ2v) is 3.98. The summed E-state index contributed by atoms with van der Waals surface area (Å²) in [6, 6.07) is 0. The van der Waals surface area contributed by atoms with Crippen LogP contribution in [-0.2, 0) is 14.3 Å². The van der Waals surface area contributed by atoms with Crippen molar-refractivity contribution in [3.05, 3.63) is 0 Å². The van der Waals surface area contributed by atoms with Gasteiger partial charge in [0.1, 0.15) is 5.54 Å². The summed E-state index contributed by atoms with van der Waals surface area (Å²) in [7, 11) is 0. The smallest absolute Gasteiger partial charge is 0.207 e. The van der Waals surface area contributed by atoms with E-state index >= 15 is 0 Å². The summed E-state index contributed by atoms with van der Waals surface area (Å²) in [5, 5.41) is 2.67. The summed E-state index contributed by atoms with van der Waals surface area (Å²) in [6.07, 6.45) is 1.79. The monoisotopic (exact) mass is 199 g/mol. The van der Waals surface area contributed by atoms with Crippen molar-refractivity contribution < 1.29 is 14.3 Å². The molecule has 0 aromatic carbocycles. The van der Waals surface area contributed by atoms with Crippen molar-refractivity contribution in [2.45, 2.75) is 32.2 Å². The Balaban J connectivity index is 2.78. The van der Waals surface area contributed by atoms with Gasteiger partial charge in [0.15, 0.2) is 5.78 Å². The molecule has 4 nitrogen and oxygen atoms in total. The largest absolute Gasteiger partial charge is 0.381 e. The van der Waals surface area contributed by atoms with E-state index in [-0.39, 0.29) is 11.7 Å². The Hall–Kier alpha value is -0.900. The molecule has 1 fully saturated rings. The average molecular weight is 199 g/mol. The molecule has 14 heavy (non-hydrogen) atoms. The minimum absolute atomic E-state index is 0.0550. The molecule has 0 atom stereocenters. The Labute approximate surface area is 84.0 Å². The minimum Gasteiger partial charge on any atom is -0.381 e. The first-order chi connectivity index (χ1) is 6.62. The van der Waals surface area contributed by atoms with Gasteiger partial charge >= 0.3 is 0 Å². The van der Waals surface area contributed by atoms with Crippen LogP contribution in [-0.4, -0.2) is 30.9 Å². The number of carbonyl (C=O) groups is 2. The third-order valence-corrected chi connectivity index (χ3v) is 2.68. The maximum absolute atomic E-state index is 11.9. The van der Waals surface area contributed by atoms with E-state index in [4.69, 9.17) is 4.74 Å². The summed E-state index contributed by atoms with van der Waals surface area (Å²) in [5.41, 5.74) is -0.672. The van der Waals surface area contributed by atoms with E-state index in [1.165, 1.54) is 0 Å². The summed E-state index contributed by atoms with van der Waals surface area (Å²) < 4.78 is 5.19. The molecule has 0 bridgehead atoms. The lowest BCUT2D eigenvalue weighted by molar-refractivity contribution is -0.135. The van der Waals surface area contributed by atoms with Gasteiger partial charge in [-0.2, -0.15) is 0 Å². The van der Waals surface area contributed by atoms with E-state index in [0.29, 0.717) is 32.5 Å². The molecule has 1 saturated heterocycles. The van der Waals surface area contributed by atoms with Gasteiger partial charge in [0.25, 0.3) is 0 Å². The Kier molecular flexibility index (Phi) is 3.63. The molecule has 1 aliphatic rings. The van der Waals surface area contributed by atoms with E-state index in [0.717, 1.165) is 0 Å². The number of nitrogens with one attached hydrogen (secondary N) is 1. The predicted molar refractivity (Wildman–Crippen MR) is 51.8 cm³/mol. The van der Waals surface area contributed by atoms with E-state index in [9.17, 15) is 9.59 Å². The lowest BCUT2D eigenvalue weighted by atomic mass is 9.81. The molecule has 1 amide bonds. The molecule has 0 aliphatic carbocycles. The normalized spacial score (nSPS) is 20.5. The van der Waals surface area contributed by atoms with E-state index < -0.39 is 5.54 Å². The van der Waals surface area contributed by atoms with Gasteiger partial charge in [-0.15, -0.1) is 0 Å². The summed E-state index contributed by atoms with van der Waals surface area (Å²) >= 11 is 0. The Morgan fingerprint density at radius 3 is 2.43 bits per heavy atom. The fourth-order valence-electron chi connectivity index (χ4n) is 1.85. The fourth-order valence-corrected chi connectivity index (χ4v) is 1.85. The predicted octanol–water partition coefficient (Wildman–Crippen LogP) is 0.507. The zero-order valence-electron chi connectivity index (χ0n) is 8.71. The highest BCUT2D eigenvalue weighted by Gasteiger charge is 2.40. The number of Topliss-reactive ketones (excluding diaryl/α,β-unsaturated/α-hetero) is 1. The topological polar surface area (TPSA) is 55.4 Å². The molecule has 0 spiro atoms. The molecule has 4 heteroatoms. The van der Waals surface area contributed by atoms with Crippen molar-refractivity contribution in [2.24, 2.45) is 5.92 Å². The quantitative estimate of drug-likeness (QED) is 0.671. The molecule has 0 radical (unpaired) electrons. The Bertz CT molecular complexity index is 219. The minimum atomic E-state index is -0.672. The van der Waals surface area contributed by atoms with Crippen LogP contribution in [0, 0.1) is 5.92 Å². The molecular formula is C10H17NO3. The van der Waals surface area contributed by atoms with Gasteiger partial charge in [-0.1, -0.05) is 13.8 Å². The first kappa shape index (κ1) is 11.2. The molecule has 0 saturated carbocycles. The highest BCUT2D eigenvalue weighted by Crippen LogP contribution is 2.24. The number of rotatable bonds is 4. The van der Waals surface area contributed by atoms with Crippen molar-refractivity contribution in [2.75, 3.05) is 13.2 Å². The Morgan fingerprint density at radius 1 is 1.43 bits per heavy atom. The van der Waals surface area contributed by atoms with Crippen LogP contribution < -0.4 is 5.32 Å². The maximum atomic E-state index is 11.9. The van der Waals surface area contributed by atoms with Gasteiger partial charge in [-0.05, 0) is 0 Å². The molecule has 80 valence electrons. The summed E-state index contributed by atoms with van der Waals surface area (Å²) in [5.74, 6) is 0.0495. The summed E-state index contributed by atoms with van der Waals surface area (Å²) in [6.45, 7) is 4.79. The van der Waals surface area contributed by atoms with Gasteiger partial charge in [0.05, 0.1) is 0 Å². The van der Waals surface area contributed by atoms with Crippen LogP contribution in [0.25, 0.3) is 0 Å². The number of amides is 1. The van der Waals surface area contributed by atoms with E-state index in [1.807, 2.05) is 13.8 Å². The van der Waals surface area contributed by atoms with Gasteiger partial charge < -0.3 is 10.1 Å². The van der Waals surface area contributed by atoms with E-state index in [2.05, 4.69) is 5.32 Å². The SMILES string of the molecule is CC(C)C(=O)C1(NC=O)CCOCC1. The Morgan fingerprint density at radius 2 is 2.00 bits per heavy atom. The van der Waals surface area contributed by atoms with E-state index in [1.54, 1.807) is 0 Å². The van der Waals surface area contributed by atoms with Crippen LogP contribution in [0.3, 0.4) is 0 Å². The number of hydrogen-bond acceptors (Lipinski definition) is 3. The number of ketones is 1. The lowest BCUT2D eigenvalue weighted by Gasteiger charge is -2.36. The second kappa shape index (κ2) is 4.55. The fraction of sp³-hybridized carbons (Fsp3) is 0.800. The number of carbonyl (C=O) groups excluding carboxylic acids is 2. The lowest BCUT2D eigenvalue weighted by Crippen LogP contribution is -2.56. The van der Waals surface area contributed by atoms with Gasteiger partial charge in [0, 0.05) is 32.0 Å².